The first-order chi connectivity index (χ1) is 7.06. The highest BCUT2D eigenvalue weighted by Crippen LogP contribution is 2.36. The summed E-state index contributed by atoms with van der Waals surface area (Å²) in [5, 5.41) is 9.58. The molecular formula is C10H12N2O3. The van der Waals surface area contributed by atoms with Crippen LogP contribution in [0.5, 0.6) is 5.88 Å². The number of nitrogens with zero attached hydrogens (tertiary/aromatic N) is 1. The van der Waals surface area contributed by atoms with Gasteiger partial charge in [0.15, 0.2) is 5.88 Å². The van der Waals surface area contributed by atoms with Crippen LogP contribution in [-0.4, -0.2) is 27.4 Å². The second-order valence-corrected chi connectivity index (χ2v) is 3.58. The van der Waals surface area contributed by atoms with Gasteiger partial charge in [0.05, 0.1) is 11.6 Å². The van der Waals surface area contributed by atoms with E-state index in [1.807, 2.05) is 13.8 Å². The molecule has 2 rings (SSSR count). The van der Waals surface area contributed by atoms with Crippen molar-refractivity contribution in [3.05, 3.63) is 27.5 Å². The minimum absolute atomic E-state index is 0.186. The molecule has 1 aliphatic heterocycles. The SMILES string of the molecule is CCN1C(=O)c2cc(=O)[nH]c(O)c2[C@H]1C. The van der Waals surface area contributed by atoms with Crippen molar-refractivity contribution in [2.75, 3.05) is 6.54 Å². The molecule has 0 spiro atoms. The molecule has 1 amide bonds. The van der Waals surface area contributed by atoms with Gasteiger partial charge in [-0.3, -0.25) is 14.6 Å². The van der Waals surface area contributed by atoms with E-state index in [9.17, 15) is 14.7 Å². The van der Waals surface area contributed by atoms with Crippen molar-refractivity contribution >= 4 is 5.91 Å². The van der Waals surface area contributed by atoms with Gasteiger partial charge in [-0.2, -0.15) is 0 Å². The number of H-pyrrole nitrogens is 1. The summed E-state index contributed by atoms with van der Waals surface area (Å²) in [6.07, 6.45) is 0. The Morgan fingerprint density at radius 3 is 2.80 bits per heavy atom. The maximum absolute atomic E-state index is 11.8. The van der Waals surface area contributed by atoms with E-state index < -0.39 is 5.56 Å². The number of pyridine rings is 1. The zero-order valence-corrected chi connectivity index (χ0v) is 8.57. The number of nitrogens with one attached hydrogen (secondary N) is 1. The summed E-state index contributed by atoms with van der Waals surface area (Å²) in [5.41, 5.74) is 0.372. The Morgan fingerprint density at radius 1 is 1.53 bits per heavy atom. The molecule has 0 saturated carbocycles. The van der Waals surface area contributed by atoms with E-state index in [1.54, 1.807) is 4.90 Å². The average molecular weight is 208 g/mol. The molecule has 0 fully saturated rings. The van der Waals surface area contributed by atoms with Crippen LogP contribution < -0.4 is 5.56 Å². The number of fused-ring (bicyclic) bond motifs is 1. The van der Waals surface area contributed by atoms with E-state index in [0.717, 1.165) is 0 Å². The van der Waals surface area contributed by atoms with Crippen LogP contribution in [0.2, 0.25) is 0 Å². The summed E-state index contributed by atoms with van der Waals surface area (Å²) in [6.45, 7) is 4.24. The van der Waals surface area contributed by atoms with Crippen LogP contribution in [0, 0.1) is 0 Å². The number of aromatic amines is 1. The zero-order valence-electron chi connectivity index (χ0n) is 8.57. The molecular weight excluding hydrogens is 196 g/mol. The molecule has 2 heterocycles. The van der Waals surface area contributed by atoms with Gasteiger partial charge in [0, 0.05) is 18.2 Å². The van der Waals surface area contributed by atoms with Crippen molar-refractivity contribution in [1.29, 1.82) is 0 Å². The third-order valence-electron chi connectivity index (χ3n) is 2.78. The third kappa shape index (κ3) is 1.23. The molecule has 0 aromatic carbocycles. The average Bonchev–Trinajstić information content (AvgIpc) is 2.39. The number of aromatic nitrogens is 1. The summed E-state index contributed by atoms with van der Waals surface area (Å²) in [6, 6.07) is 1.05. The summed E-state index contributed by atoms with van der Waals surface area (Å²) in [5.74, 6) is -0.393. The van der Waals surface area contributed by atoms with Crippen LogP contribution in [0.15, 0.2) is 10.9 Å². The van der Waals surface area contributed by atoms with Gasteiger partial charge in [-0.15, -0.1) is 0 Å². The number of hydrogen-bond donors (Lipinski definition) is 2. The first-order valence-corrected chi connectivity index (χ1v) is 4.83. The minimum Gasteiger partial charge on any atom is -0.494 e. The standard InChI is InChI=1S/C10H12N2O3/c1-3-12-5(2)8-6(10(12)15)4-7(13)11-9(8)14/h4-5H,3H2,1-2H3,(H2,11,13,14)/t5-/m1/s1. The van der Waals surface area contributed by atoms with Gasteiger partial charge in [0.25, 0.3) is 11.5 Å². The molecule has 1 atom stereocenters. The van der Waals surface area contributed by atoms with Gasteiger partial charge in [-0.05, 0) is 13.8 Å². The smallest absolute Gasteiger partial charge is 0.255 e. The summed E-state index contributed by atoms with van der Waals surface area (Å²) < 4.78 is 0. The molecule has 1 aromatic heterocycles. The van der Waals surface area contributed by atoms with E-state index in [2.05, 4.69) is 4.98 Å². The van der Waals surface area contributed by atoms with Crippen molar-refractivity contribution in [2.24, 2.45) is 0 Å². The normalized spacial score (nSPS) is 19.5. The highest BCUT2D eigenvalue weighted by molar-refractivity contribution is 5.99. The number of carbonyl (C=O) groups excluding carboxylic acids is 1. The Kier molecular flexibility index (Phi) is 2.03. The Labute approximate surface area is 86.3 Å². The Hall–Kier alpha value is -1.78. The summed E-state index contributed by atoms with van der Waals surface area (Å²) in [4.78, 5) is 26.8. The molecule has 5 heteroatoms. The molecule has 15 heavy (non-hydrogen) atoms. The van der Waals surface area contributed by atoms with Gasteiger partial charge in [0.2, 0.25) is 0 Å². The minimum atomic E-state index is -0.454. The molecule has 5 nitrogen and oxygen atoms in total. The molecule has 0 bridgehead atoms. The van der Waals surface area contributed by atoms with Crippen LogP contribution in [0.25, 0.3) is 0 Å². The first kappa shape index (κ1) is 9.76. The van der Waals surface area contributed by atoms with Crippen LogP contribution in [-0.2, 0) is 0 Å². The summed E-state index contributed by atoms with van der Waals surface area (Å²) in [7, 11) is 0. The highest BCUT2D eigenvalue weighted by atomic mass is 16.3. The summed E-state index contributed by atoms with van der Waals surface area (Å²) >= 11 is 0. The number of rotatable bonds is 1. The first-order valence-electron chi connectivity index (χ1n) is 4.83. The number of hydrogen-bond acceptors (Lipinski definition) is 3. The van der Waals surface area contributed by atoms with Gasteiger partial charge >= 0.3 is 0 Å². The highest BCUT2D eigenvalue weighted by Gasteiger charge is 2.35. The fourth-order valence-corrected chi connectivity index (χ4v) is 2.06. The van der Waals surface area contributed by atoms with Crippen molar-refractivity contribution in [3.63, 3.8) is 0 Å². The predicted octanol–water partition coefficient (Wildman–Crippen LogP) is 0.617. The zero-order chi connectivity index (χ0) is 11.2. The van der Waals surface area contributed by atoms with E-state index in [0.29, 0.717) is 17.7 Å². The lowest BCUT2D eigenvalue weighted by Gasteiger charge is -2.19. The van der Waals surface area contributed by atoms with Crippen LogP contribution in [0.3, 0.4) is 0 Å². The second kappa shape index (κ2) is 3.12. The number of aromatic hydroxyl groups is 1. The monoisotopic (exact) mass is 208 g/mol. The molecule has 1 aliphatic rings. The third-order valence-corrected chi connectivity index (χ3v) is 2.78. The number of carbonyl (C=O) groups is 1. The van der Waals surface area contributed by atoms with Gasteiger partial charge in [0.1, 0.15) is 0 Å². The Balaban J connectivity index is 2.67. The second-order valence-electron chi connectivity index (χ2n) is 3.58. The van der Waals surface area contributed by atoms with Gasteiger partial charge < -0.3 is 10.0 Å². The molecule has 0 aliphatic carbocycles. The quantitative estimate of drug-likeness (QED) is 0.710. The Bertz CT molecular complexity index is 478. The fourth-order valence-electron chi connectivity index (χ4n) is 2.06. The lowest BCUT2D eigenvalue weighted by molar-refractivity contribution is 0.0748. The maximum Gasteiger partial charge on any atom is 0.255 e. The van der Waals surface area contributed by atoms with Gasteiger partial charge in [-0.25, -0.2) is 0 Å². The molecule has 1 aromatic rings. The molecule has 0 radical (unpaired) electrons. The predicted molar refractivity (Wildman–Crippen MR) is 53.9 cm³/mol. The molecule has 0 unspecified atom stereocenters. The number of amides is 1. The van der Waals surface area contributed by atoms with Crippen molar-refractivity contribution in [3.8, 4) is 5.88 Å². The molecule has 80 valence electrons. The van der Waals surface area contributed by atoms with Crippen molar-refractivity contribution < 1.29 is 9.90 Å². The van der Waals surface area contributed by atoms with Crippen molar-refractivity contribution in [2.45, 2.75) is 19.9 Å². The lowest BCUT2D eigenvalue weighted by Crippen LogP contribution is -2.26. The van der Waals surface area contributed by atoms with E-state index in [-0.39, 0.29) is 17.8 Å². The largest absolute Gasteiger partial charge is 0.494 e. The van der Waals surface area contributed by atoms with Gasteiger partial charge in [-0.1, -0.05) is 0 Å². The topological polar surface area (TPSA) is 73.4 Å². The fraction of sp³-hybridized carbons (Fsp3) is 0.400. The van der Waals surface area contributed by atoms with Crippen LogP contribution in [0.1, 0.15) is 35.8 Å². The Morgan fingerprint density at radius 2 is 2.20 bits per heavy atom. The van der Waals surface area contributed by atoms with Crippen molar-refractivity contribution in [1.82, 2.24) is 9.88 Å². The lowest BCUT2D eigenvalue weighted by atomic mass is 10.1. The maximum atomic E-state index is 11.8. The van der Waals surface area contributed by atoms with Crippen LogP contribution >= 0.6 is 0 Å². The molecule has 0 saturated heterocycles. The van der Waals surface area contributed by atoms with E-state index in [1.165, 1.54) is 6.07 Å². The molecule has 2 N–H and O–H groups in total. The van der Waals surface area contributed by atoms with E-state index >= 15 is 0 Å². The van der Waals surface area contributed by atoms with Crippen LogP contribution in [0.4, 0.5) is 0 Å². The van der Waals surface area contributed by atoms with E-state index in [4.69, 9.17) is 0 Å².